The van der Waals surface area contributed by atoms with Crippen LogP contribution >= 0.6 is 0 Å². The van der Waals surface area contributed by atoms with Gasteiger partial charge in [0.15, 0.2) is 0 Å². The van der Waals surface area contributed by atoms with Crippen molar-refractivity contribution < 1.29 is 37.1 Å². The van der Waals surface area contributed by atoms with Gasteiger partial charge in [-0.15, -0.1) is 0 Å². The van der Waals surface area contributed by atoms with Gasteiger partial charge in [0.25, 0.3) is 0 Å². The van der Waals surface area contributed by atoms with E-state index in [0.717, 1.165) is 0 Å². The van der Waals surface area contributed by atoms with Gasteiger partial charge in [0, 0.05) is 37.1 Å². The summed E-state index contributed by atoms with van der Waals surface area (Å²) in [6, 6.07) is 0. The van der Waals surface area contributed by atoms with E-state index in [1.54, 1.807) is 0 Å². The van der Waals surface area contributed by atoms with Crippen molar-refractivity contribution in [2.45, 2.75) is 0 Å². The van der Waals surface area contributed by atoms with Crippen LogP contribution in [0.3, 0.4) is 0 Å². The van der Waals surface area contributed by atoms with Crippen LogP contribution in [0.25, 0.3) is 0 Å². The fourth-order valence-electron chi connectivity index (χ4n) is 0. The van der Waals surface area contributed by atoms with Crippen molar-refractivity contribution >= 4 is 40.5 Å². The van der Waals surface area contributed by atoms with Crippen molar-refractivity contribution in [3.63, 3.8) is 0 Å². The summed E-state index contributed by atoms with van der Waals surface area (Å²) in [5, 5.41) is 0. The van der Waals surface area contributed by atoms with Gasteiger partial charge in [-0.1, -0.05) is 0 Å². The Balaban J connectivity index is 0. The van der Waals surface area contributed by atoms with E-state index in [9.17, 15) is 0 Å². The molecule has 0 aliphatic carbocycles. The van der Waals surface area contributed by atoms with E-state index >= 15 is 0 Å². The van der Waals surface area contributed by atoms with Crippen molar-refractivity contribution in [1.29, 1.82) is 0 Å². The van der Waals surface area contributed by atoms with Gasteiger partial charge in [-0.25, -0.2) is 0 Å². The van der Waals surface area contributed by atoms with Crippen LogP contribution in [0.4, 0.5) is 0 Å². The molecule has 0 aliphatic heterocycles. The molecule has 0 nitrogen and oxygen atoms in total. The zero-order valence-electron chi connectivity index (χ0n) is 2.12. The van der Waals surface area contributed by atoms with Crippen LogP contribution < -0.4 is 0 Å². The topological polar surface area (TPSA) is 0 Å². The van der Waals surface area contributed by atoms with Gasteiger partial charge in [-0.2, -0.15) is 0 Å². The zero-order chi connectivity index (χ0) is 0. The van der Waals surface area contributed by atoms with Crippen molar-refractivity contribution in [1.82, 2.24) is 0 Å². The minimum atomic E-state index is 0. The predicted octanol–water partition coefficient (Wildman–Crippen LogP) is -0.0122. The molecule has 5 heavy (non-hydrogen) atoms. The van der Waals surface area contributed by atoms with E-state index in [-0.39, 0.29) is 77.6 Å². The van der Waals surface area contributed by atoms with Crippen LogP contribution in [0.1, 0.15) is 0 Å². The molecule has 34 valence electrons. The van der Waals surface area contributed by atoms with Crippen LogP contribution in [-0.4, -0.2) is 0 Å². The van der Waals surface area contributed by atoms with Crippen LogP contribution in [0.5, 0.6) is 0 Å². The zero-order valence-corrected chi connectivity index (χ0v) is 7.36. The summed E-state index contributed by atoms with van der Waals surface area (Å²) in [4.78, 5) is 0. The molecule has 0 aromatic carbocycles. The molecule has 0 amide bonds. The van der Waals surface area contributed by atoms with Gasteiger partial charge in [-0.3, -0.25) is 0 Å². The Bertz CT molecular complexity index is 4.85. The van der Waals surface area contributed by atoms with E-state index in [0.29, 0.717) is 0 Å². The molecule has 0 fully saturated rings. The third kappa shape index (κ3) is 22.5. The molecule has 0 heterocycles. The summed E-state index contributed by atoms with van der Waals surface area (Å²) in [5.41, 5.74) is 0. The number of hydrogen-bond donors (Lipinski definition) is 0. The Morgan fingerprint density at radius 1 is 0.400 bits per heavy atom. The molecule has 0 aromatic rings. The van der Waals surface area contributed by atoms with Gasteiger partial charge >= 0.3 is 0 Å². The Hall–Kier alpha value is 2.22. The molecule has 0 rings (SSSR count). The van der Waals surface area contributed by atoms with Gasteiger partial charge in [0.05, 0.1) is 0 Å². The maximum atomic E-state index is 0. The molecular formula is S3V2-6. The van der Waals surface area contributed by atoms with Crippen LogP contribution in [0.2, 0.25) is 0 Å². The second-order valence-electron chi connectivity index (χ2n) is 0. The largest absolute Gasteiger partial charge is 2.00 e. The quantitative estimate of drug-likeness (QED) is 0.513. The first-order chi connectivity index (χ1) is 0. The molecule has 0 atom stereocenters. The Morgan fingerprint density at radius 2 is 0.400 bits per heavy atom. The molecular weight excluding hydrogens is 198 g/mol. The SMILES string of the molecule is [S-2].[S-2].[S-2].[V].[V]. The molecule has 2 radical (unpaired) electrons. The molecule has 0 bridgehead atoms. The van der Waals surface area contributed by atoms with Crippen LogP contribution in [0, 0.1) is 0 Å². The minimum Gasteiger partial charge on any atom is -2.00 e. The fourth-order valence-corrected chi connectivity index (χ4v) is 0. The Kier molecular flexibility index (Phi) is 390. The maximum absolute atomic E-state index is 0. The summed E-state index contributed by atoms with van der Waals surface area (Å²) in [5.74, 6) is 0. The first kappa shape index (κ1) is 56.7. The molecule has 0 aromatic heterocycles. The molecule has 0 unspecified atom stereocenters. The molecule has 0 N–H and O–H groups in total. The number of rotatable bonds is 0. The second kappa shape index (κ2) is 34.4. The predicted molar refractivity (Wildman–Crippen MR) is 22.1 cm³/mol. The normalized spacial score (nSPS) is 0. The molecule has 0 saturated heterocycles. The van der Waals surface area contributed by atoms with Crippen molar-refractivity contribution in [2.75, 3.05) is 0 Å². The third-order valence-electron chi connectivity index (χ3n) is 0. The van der Waals surface area contributed by atoms with Crippen molar-refractivity contribution in [3.05, 3.63) is 0 Å². The monoisotopic (exact) mass is 198 g/mol. The van der Waals surface area contributed by atoms with E-state index in [4.69, 9.17) is 0 Å². The van der Waals surface area contributed by atoms with E-state index in [1.807, 2.05) is 0 Å². The molecule has 0 spiro atoms. The van der Waals surface area contributed by atoms with Crippen LogP contribution in [0.15, 0.2) is 0 Å². The molecule has 0 saturated carbocycles. The average molecular weight is 198 g/mol. The Labute approximate surface area is 77.0 Å². The molecule has 5 heteroatoms. The average Bonchev–Trinajstić information content (AvgIpc) is 0. The third-order valence-corrected chi connectivity index (χ3v) is 0. The standard InChI is InChI=1S/3S.2V/q3*-2;;. The fraction of sp³-hybridized carbons (Fsp3) is 0. The maximum Gasteiger partial charge on any atom is 0 e. The minimum absolute atomic E-state index is 0. The second-order valence-corrected chi connectivity index (χ2v) is 0. The van der Waals surface area contributed by atoms with Crippen LogP contribution in [-0.2, 0) is 77.6 Å². The van der Waals surface area contributed by atoms with Crippen molar-refractivity contribution in [2.24, 2.45) is 0 Å². The Morgan fingerprint density at radius 3 is 0.400 bits per heavy atom. The summed E-state index contributed by atoms with van der Waals surface area (Å²) in [6.45, 7) is 0. The van der Waals surface area contributed by atoms with Gasteiger partial charge < -0.3 is 40.5 Å². The van der Waals surface area contributed by atoms with Crippen molar-refractivity contribution in [3.8, 4) is 0 Å². The summed E-state index contributed by atoms with van der Waals surface area (Å²) in [7, 11) is 0. The smallest absolute Gasteiger partial charge is 0 e. The van der Waals surface area contributed by atoms with E-state index in [2.05, 4.69) is 0 Å². The first-order valence-corrected chi connectivity index (χ1v) is 0. The first-order valence-electron chi connectivity index (χ1n) is 0. The van der Waals surface area contributed by atoms with Gasteiger partial charge in [0.2, 0.25) is 0 Å². The summed E-state index contributed by atoms with van der Waals surface area (Å²) >= 11 is 0. The molecule has 0 aliphatic rings. The van der Waals surface area contributed by atoms with Gasteiger partial charge in [-0.05, 0) is 0 Å². The van der Waals surface area contributed by atoms with Gasteiger partial charge in [0.1, 0.15) is 0 Å². The van der Waals surface area contributed by atoms with E-state index in [1.165, 1.54) is 0 Å². The van der Waals surface area contributed by atoms with E-state index < -0.39 is 0 Å². The summed E-state index contributed by atoms with van der Waals surface area (Å²) in [6.07, 6.45) is 0. The summed E-state index contributed by atoms with van der Waals surface area (Å²) < 4.78 is 0. The number of hydrogen-bond acceptors (Lipinski definition) is 0.